The number of benzene rings is 2. The van der Waals surface area contributed by atoms with Gasteiger partial charge in [-0.2, -0.15) is 8.42 Å². The lowest BCUT2D eigenvalue weighted by Gasteiger charge is -2.40. The molecule has 14 nitrogen and oxygen atoms in total. The lowest BCUT2D eigenvalue weighted by Crippen LogP contribution is -2.61. The van der Waals surface area contributed by atoms with Crippen molar-refractivity contribution in [1.82, 2.24) is 0 Å². The van der Waals surface area contributed by atoms with Gasteiger partial charge in [-0.1, -0.05) is 0 Å². The van der Waals surface area contributed by atoms with Crippen LogP contribution >= 0.6 is 0 Å². The number of ether oxygens (including phenoxy) is 2. The van der Waals surface area contributed by atoms with Crippen molar-refractivity contribution in [2.45, 2.75) is 30.7 Å². The van der Waals surface area contributed by atoms with Gasteiger partial charge in [-0.05, 0) is 18.2 Å². The van der Waals surface area contributed by atoms with E-state index in [9.17, 15) is 43.9 Å². The first-order chi connectivity index (χ1) is 16.9. The Labute approximate surface area is 201 Å². The second-order valence-electron chi connectivity index (χ2n) is 7.81. The van der Waals surface area contributed by atoms with Gasteiger partial charge in [0.25, 0.3) is 0 Å². The van der Waals surface area contributed by atoms with E-state index >= 15 is 0 Å². The summed E-state index contributed by atoms with van der Waals surface area (Å²) in [5.41, 5.74) is -0.694. The minimum absolute atomic E-state index is 0.0558. The van der Waals surface area contributed by atoms with E-state index in [4.69, 9.17) is 18.4 Å². The van der Waals surface area contributed by atoms with Gasteiger partial charge in [-0.3, -0.25) is 9.35 Å². The van der Waals surface area contributed by atoms with Crippen LogP contribution in [-0.4, -0.2) is 80.9 Å². The lowest BCUT2D eigenvalue weighted by atomic mass is 9.99. The van der Waals surface area contributed by atoms with Crippen LogP contribution in [-0.2, 0) is 19.3 Å². The van der Waals surface area contributed by atoms with Crippen LogP contribution in [0.4, 0.5) is 0 Å². The Morgan fingerprint density at radius 2 is 1.67 bits per heavy atom. The summed E-state index contributed by atoms with van der Waals surface area (Å²) in [7, 11) is -5.16. The predicted octanol–water partition coefficient (Wildman–Crippen LogP) is -0.417. The molecule has 0 saturated carbocycles. The minimum atomic E-state index is -5.16. The van der Waals surface area contributed by atoms with Crippen LogP contribution in [0.2, 0.25) is 0 Å². The van der Waals surface area contributed by atoms with E-state index in [2.05, 4.69) is 4.18 Å². The number of hydrogen-bond acceptors (Lipinski definition) is 13. The smallest absolute Gasteiger partial charge is 0.397 e. The van der Waals surface area contributed by atoms with Crippen molar-refractivity contribution in [1.29, 1.82) is 0 Å². The number of phenolic OH excluding ortho intramolecular Hbond substituents is 3. The molecule has 0 aliphatic carbocycles. The molecular formula is C21H20O14S. The fourth-order valence-electron chi connectivity index (χ4n) is 3.66. The molecule has 194 valence electrons. The van der Waals surface area contributed by atoms with Gasteiger partial charge >= 0.3 is 10.4 Å². The van der Waals surface area contributed by atoms with Crippen LogP contribution in [0, 0.1) is 0 Å². The molecule has 0 radical (unpaired) electrons. The summed E-state index contributed by atoms with van der Waals surface area (Å²) in [6, 6.07) is 6.75. The zero-order valence-corrected chi connectivity index (χ0v) is 18.8. The molecule has 0 amide bonds. The topological polar surface area (TPSA) is 234 Å². The normalized spacial score (nSPS) is 24.6. The third kappa shape index (κ3) is 5.07. The first-order valence-corrected chi connectivity index (χ1v) is 11.5. The monoisotopic (exact) mass is 528 g/mol. The zero-order chi connectivity index (χ0) is 26.4. The van der Waals surface area contributed by atoms with Gasteiger partial charge in [0.15, 0.2) is 23.0 Å². The maximum Gasteiger partial charge on any atom is 0.397 e. The van der Waals surface area contributed by atoms with Crippen LogP contribution in [0.15, 0.2) is 45.6 Å². The number of hydrogen-bond donors (Lipinski definition) is 7. The molecule has 0 bridgehead atoms. The van der Waals surface area contributed by atoms with Gasteiger partial charge in [0, 0.05) is 23.8 Å². The van der Waals surface area contributed by atoms with Crippen LogP contribution in [0.3, 0.4) is 0 Å². The minimum Gasteiger partial charge on any atom is -0.507 e. The van der Waals surface area contributed by atoms with Gasteiger partial charge in [0.2, 0.25) is 6.29 Å². The van der Waals surface area contributed by atoms with Crippen molar-refractivity contribution < 1.29 is 61.7 Å². The van der Waals surface area contributed by atoms with Crippen molar-refractivity contribution in [2.75, 3.05) is 6.61 Å². The van der Waals surface area contributed by atoms with E-state index < -0.39 is 70.4 Å². The molecule has 15 heteroatoms. The highest BCUT2D eigenvalue weighted by molar-refractivity contribution is 7.80. The van der Waals surface area contributed by atoms with Crippen molar-refractivity contribution in [3.05, 3.63) is 46.6 Å². The Morgan fingerprint density at radius 1 is 0.944 bits per heavy atom. The molecule has 1 aromatic heterocycles. The third-order valence-corrected chi connectivity index (χ3v) is 5.82. The summed E-state index contributed by atoms with van der Waals surface area (Å²) in [5, 5.41) is 59.0. The Hall–Kier alpha value is -3.44. The van der Waals surface area contributed by atoms with E-state index in [1.54, 1.807) is 0 Å². The van der Waals surface area contributed by atoms with E-state index in [1.165, 1.54) is 12.1 Å². The molecule has 5 atom stereocenters. The molecule has 7 N–H and O–H groups in total. The van der Waals surface area contributed by atoms with Crippen LogP contribution in [0.5, 0.6) is 23.0 Å². The Kier molecular flexibility index (Phi) is 6.80. The molecule has 1 aliphatic heterocycles. The quantitative estimate of drug-likeness (QED) is 0.159. The summed E-state index contributed by atoms with van der Waals surface area (Å²) in [4.78, 5) is 12.6. The number of rotatable bonds is 6. The average Bonchev–Trinajstić information content (AvgIpc) is 2.79. The summed E-state index contributed by atoms with van der Waals surface area (Å²) < 4.78 is 52.3. The molecule has 2 aromatic carbocycles. The molecule has 2 heterocycles. The highest BCUT2D eigenvalue weighted by Crippen LogP contribution is 2.35. The molecule has 36 heavy (non-hydrogen) atoms. The fraction of sp³-hybridized carbons (Fsp3) is 0.286. The van der Waals surface area contributed by atoms with E-state index in [1.807, 2.05) is 0 Å². The van der Waals surface area contributed by atoms with Gasteiger partial charge in [-0.25, -0.2) is 4.18 Å². The molecule has 0 spiro atoms. The molecule has 1 saturated heterocycles. The van der Waals surface area contributed by atoms with Crippen molar-refractivity contribution >= 4 is 21.4 Å². The maximum atomic E-state index is 12.6. The molecular weight excluding hydrogens is 508 g/mol. The number of phenols is 3. The summed E-state index contributed by atoms with van der Waals surface area (Å²) in [6.45, 7) is -0.808. The van der Waals surface area contributed by atoms with E-state index in [-0.39, 0.29) is 28.0 Å². The zero-order valence-electron chi connectivity index (χ0n) is 18.0. The van der Waals surface area contributed by atoms with Crippen LogP contribution in [0.1, 0.15) is 0 Å². The maximum absolute atomic E-state index is 12.6. The summed E-state index contributed by atoms with van der Waals surface area (Å²) in [6.07, 6.45) is -9.10. The number of aromatic hydroxyl groups is 3. The van der Waals surface area contributed by atoms with Gasteiger partial charge < -0.3 is 44.5 Å². The van der Waals surface area contributed by atoms with Crippen molar-refractivity contribution in [3.63, 3.8) is 0 Å². The van der Waals surface area contributed by atoms with Gasteiger partial charge in [-0.15, -0.1) is 0 Å². The largest absolute Gasteiger partial charge is 0.507 e. The van der Waals surface area contributed by atoms with Gasteiger partial charge in [0.05, 0.1) is 6.61 Å². The third-order valence-electron chi connectivity index (χ3n) is 5.35. The number of aliphatic hydroxyl groups excluding tert-OH is 3. The molecule has 4 rings (SSSR count). The van der Waals surface area contributed by atoms with Crippen LogP contribution < -0.4 is 10.2 Å². The Morgan fingerprint density at radius 3 is 2.31 bits per heavy atom. The first kappa shape index (κ1) is 25.6. The van der Waals surface area contributed by atoms with Gasteiger partial charge in [0.1, 0.15) is 46.5 Å². The number of aliphatic hydroxyl groups is 3. The van der Waals surface area contributed by atoms with Crippen molar-refractivity contribution in [2.24, 2.45) is 0 Å². The molecule has 1 aliphatic rings. The van der Waals surface area contributed by atoms with Crippen molar-refractivity contribution in [3.8, 4) is 34.3 Å². The van der Waals surface area contributed by atoms with E-state index in [0.29, 0.717) is 0 Å². The molecule has 1 fully saturated rings. The Balaban J connectivity index is 1.75. The van der Waals surface area contributed by atoms with E-state index in [0.717, 1.165) is 24.3 Å². The highest BCUT2D eigenvalue weighted by atomic mass is 32.3. The first-order valence-electron chi connectivity index (χ1n) is 10.2. The summed E-state index contributed by atoms with van der Waals surface area (Å²) >= 11 is 0. The predicted molar refractivity (Wildman–Crippen MR) is 118 cm³/mol. The summed E-state index contributed by atoms with van der Waals surface area (Å²) in [5.74, 6) is -1.84. The SMILES string of the molecule is O=c1cc(-c2ccc(O)c(O)c2)oc2cc(OC3OC(CO)C(O)C(O)C3OS(=O)(=O)O)cc(O)c12. The fourth-order valence-corrected chi connectivity index (χ4v) is 4.14. The van der Waals surface area contributed by atoms with Crippen LogP contribution in [0.25, 0.3) is 22.3 Å². The average molecular weight is 528 g/mol. The standard InChI is InChI=1S/C21H20O14S/c22-7-16-18(27)19(28)20(35-36(29,30)31)21(34-16)32-9-4-12(25)17-13(26)6-14(33-15(17)5-9)8-1-2-10(23)11(24)3-8/h1-6,16,18-25,27-28H,7H2,(H,29,30,31). The second-order valence-corrected chi connectivity index (χ2v) is 8.85. The number of fused-ring (bicyclic) bond motifs is 1. The molecule has 3 aromatic rings. The molecule has 5 unspecified atom stereocenters. The lowest BCUT2D eigenvalue weighted by molar-refractivity contribution is -0.271. The highest BCUT2D eigenvalue weighted by Gasteiger charge is 2.48. The second kappa shape index (κ2) is 9.55. The Bertz CT molecular complexity index is 1450.